The van der Waals surface area contributed by atoms with Crippen molar-refractivity contribution < 1.29 is 9.53 Å². The Morgan fingerprint density at radius 2 is 2.18 bits per heavy atom. The van der Waals surface area contributed by atoms with E-state index in [1.54, 1.807) is 0 Å². The predicted molar refractivity (Wildman–Crippen MR) is 75.8 cm³/mol. The van der Waals surface area contributed by atoms with E-state index < -0.39 is 0 Å². The number of alkyl halides is 1. The molecule has 3 nitrogen and oxygen atoms in total. The van der Waals surface area contributed by atoms with E-state index in [0.717, 1.165) is 15.4 Å². The van der Waals surface area contributed by atoms with Gasteiger partial charge in [-0.05, 0) is 24.6 Å². The molecule has 1 aromatic rings. The van der Waals surface area contributed by atoms with E-state index in [-0.39, 0.29) is 5.91 Å². The minimum absolute atomic E-state index is 0.0758. The van der Waals surface area contributed by atoms with Gasteiger partial charge in [0.25, 0.3) is 5.91 Å². The lowest BCUT2D eigenvalue weighted by molar-refractivity contribution is 0.0924. The maximum Gasteiger partial charge on any atom is 0.251 e. The largest absolute Gasteiger partial charge is 0.379 e. The van der Waals surface area contributed by atoms with Crippen LogP contribution in [0.5, 0.6) is 0 Å². The fourth-order valence-corrected chi connectivity index (χ4v) is 1.84. The summed E-state index contributed by atoms with van der Waals surface area (Å²) in [7, 11) is 0. The Bertz CT molecular complexity index is 383. The average molecular weight is 365 g/mol. The van der Waals surface area contributed by atoms with E-state index in [1.807, 2.05) is 25.1 Å². The Morgan fingerprint density at radius 3 is 2.82 bits per heavy atom. The summed E-state index contributed by atoms with van der Waals surface area (Å²) >= 11 is 6.67. The fourth-order valence-electron chi connectivity index (χ4n) is 1.23. The van der Waals surface area contributed by atoms with E-state index in [0.29, 0.717) is 25.3 Å². The number of rotatable bonds is 6. The third-order valence-corrected chi connectivity index (χ3v) is 3.37. The number of nitrogens with one attached hydrogen (secondary N) is 1. The fraction of sp³-hybridized carbons (Fsp3) is 0.417. The van der Waals surface area contributed by atoms with Crippen LogP contribution in [-0.2, 0) is 4.74 Å². The van der Waals surface area contributed by atoms with Crippen molar-refractivity contribution >= 4 is 37.8 Å². The SMILES string of the molecule is Cc1ccc(C(=O)NCCOCCBr)cc1Br. The second-order valence-corrected chi connectivity index (χ2v) is 5.17. The lowest BCUT2D eigenvalue weighted by Gasteiger charge is -2.06. The molecule has 0 aliphatic rings. The zero-order valence-corrected chi connectivity index (χ0v) is 12.8. The Hall–Kier alpha value is -0.390. The monoisotopic (exact) mass is 363 g/mol. The summed E-state index contributed by atoms with van der Waals surface area (Å²) in [4.78, 5) is 11.7. The first-order valence-electron chi connectivity index (χ1n) is 5.33. The third-order valence-electron chi connectivity index (χ3n) is 2.19. The van der Waals surface area contributed by atoms with Crippen LogP contribution in [0.1, 0.15) is 15.9 Å². The summed E-state index contributed by atoms with van der Waals surface area (Å²) in [5.41, 5.74) is 1.77. The summed E-state index contributed by atoms with van der Waals surface area (Å²) in [6.07, 6.45) is 0. The number of aryl methyl sites for hydroxylation is 1. The topological polar surface area (TPSA) is 38.3 Å². The average Bonchev–Trinajstić information content (AvgIpc) is 2.32. The number of halogens is 2. The zero-order valence-electron chi connectivity index (χ0n) is 9.63. The molecule has 0 heterocycles. The van der Waals surface area contributed by atoms with Crippen LogP contribution in [0.3, 0.4) is 0 Å². The second kappa shape index (κ2) is 7.84. The highest BCUT2D eigenvalue weighted by Crippen LogP contribution is 2.17. The molecule has 1 amide bonds. The molecule has 94 valence electrons. The molecular formula is C12H15Br2NO2. The van der Waals surface area contributed by atoms with Crippen molar-refractivity contribution in [2.75, 3.05) is 25.1 Å². The van der Waals surface area contributed by atoms with E-state index in [9.17, 15) is 4.79 Å². The minimum atomic E-state index is -0.0758. The van der Waals surface area contributed by atoms with Crippen LogP contribution in [0, 0.1) is 6.92 Å². The summed E-state index contributed by atoms with van der Waals surface area (Å²) in [5.74, 6) is -0.0758. The van der Waals surface area contributed by atoms with Crippen molar-refractivity contribution in [1.29, 1.82) is 0 Å². The highest BCUT2D eigenvalue weighted by molar-refractivity contribution is 9.10. The molecule has 17 heavy (non-hydrogen) atoms. The van der Waals surface area contributed by atoms with Gasteiger partial charge in [0.1, 0.15) is 0 Å². The number of carbonyl (C=O) groups is 1. The van der Waals surface area contributed by atoms with Crippen molar-refractivity contribution in [3.05, 3.63) is 33.8 Å². The van der Waals surface area contributed by atoms with Crippen molar-refractivity contribution in [3.63, 3.8) is 0 Å². The first kappa shape index (κ1) is 14.7. The van der Waals surface area contributed by atoms with Crippen LogP contribution in [0.2, 0.25) is 0 Å². The van der Waals surface area contributed by atoms with Gasteiger partial charge in [-0.2, -0.15) is 0 Å². The summed E-state index contributed by atoms with van der Waals surface area (Å²) in [6.45, 7) is 3.70. The van der Waals surface area contributed by atoms with Gasteiger partial charge in [0.2, 0.25) is 0 Å². The molecule has 0 fully saturated rings. The standard InChI is InChI=1S/C12H15Br2NO2/c1-9-2-3-10(8-11(9)14)12(16)15-5-7-17-6-4-13/h2-3,8H,4-7H2,1H3,(H,15,16). The maximum absolute atomic E-state index is 11.7. The molecule has 0 saturated carbocycles. The van der Waals surface area contributed by atoms with Gasteiger partial charge in [0, 0.05) is 21.9 Å². The number of hydrogen-bond donors (Lipinski definition) is 1. The minimum Gasteiger partial charge on any atom is -0.379 e. The van der Waals surface area contributed by atoms with Crippen LogP contribution < -0.4 is 5.32 Å². The van der Waals surface area contributed by atoms with E-state index >= 15 is 0 Å². The molecule has 0 bridgehead atoms. The van der Waals surface area contributed by atoms with Crippen molar-refractivity contribution in [1.82, 2.24) is 5.32 Å². The normalized spacial score (nSPS) is 10.3. The van der Waals surface area contributed by atoms with Crippen LogP contribution in [0.25, 0.3) is 0 Å². The molecule has 0 saturated heterocycles. The predicted octanol–water partition coefficient (Wildman–Crippen LogP) is 2.90. The van der Waals surface area contributed by atoms with Gasteiger partial charge >= 0.3 is 0 Å². The van der Waals surface area contributed by atoms with Crippen molar-refractivity contribution in [2.45, 2.75) is 6.92 Å². The van der Waals surface area contributed by atoms with Gasteiger partial charge in [-0.1, -0.05) is 37.9 Å². The molecule has 1 rings (SSSR count). The quantitative estimate of drug-likeness (QED) is 0.622. The Labute approximate surface area is 118 Å². The number of ether oxygens (including phenoxy) is 1. The molecule has 0 aromatic heterocycles. The molecule has 0 aliphatic carbocycles. The van der Waals surface area contributed by atoms with E-state index in [1.165, 1.54) is 0 Å². The van der Waals surface area contributed by atoms with E-state index in [2.05, 4.69) is 37.2 Å². The second-order valence-electron chi connectivity index (χ2n) is 3.52. The molecule has 0 atom stereocenters. The summed E-state index contributed by atoms with van der Waals surface area (Å²) in [5, 5.41) is 3.62. The van der Waals surface area contributed by atoms with Crippen LogP contribution in [-0.4, -0.2) is 31.0 Å². The first-order valence-corrected chi connectivity index (χ1v) is 7.24. The Kier molecular flexibility index (Phi) is 6.77. The number of benzene rings is 1. The van der Waals surface area contributed by atoms with Crippen LogP contribution >= 0.6 is 31.9 Å². The van der Waals surface area contributed by atoms with Crippen LogP contribution in [0.4, 0.5) is 0 Å². The van der Waals surface area contributed by atoms with Crippen molar-refractivity contribution in [3.8, 4) is 0 Å². The zero-order chi connectivity index (χ0) is 12.7. The molecule has 1 aromatic carbocycles. The van der Waals surface area contributed by atoms with Crippen LogP contribution in [0.15, 0.2) is 22.7 Å². The summed E-state index contributed by atoms with van der Waals surface area (Å²) in [6, 6.07) is 5.55. The molecule has 0 aliphatic heterocycles. The number of carbonyl (C=O) groups excluding carboxylic acids is 1. The maximum atomic E-state index is 11.7. The molecule has 1 N–H and O–H groups in total. The van der Waals surface area contributed by atoms with Gasteiger partial charge < -0.3 is 10.1 Å². The molecule has 0 radical (unpaired) electrons. The molecule has 5 heteroatoms. The van der Waals surface area contributed by atoms with Crippen molar-refractivity contribution in [2.24, 2.45) is 0 Å². The molecule has 0 unspecified atom stereocenters. The first-order chi connectivity index (χ1) is 8.15. The number of amides is 1. The smallest absolute Gasteiger partial charge is 0.251 e. The van der Waals surface area contributed by atoms with Gasteiger partial charge in [-0.15, -0.1) is 0 Å². The van der Waals surface area contributed by atoms with E-state index in [4.69, 9.17) is 4.74 Å². The van der Waals surface area contributed by atoms with Gasteiger partial charge in [-0.25, -0.2) is 0 Å². The third kappa shape index (κ3) is 5.19. The summed E-state index contributed by atoms with van der Waals surface area (Å²) < 4.78 is 6.19. The lowest BCUT2D eigenvalue weighted by Crippen LogP contribution is -2.27. The lowest BCUT2D eigenvalue weighted by atomic mass is 10.1. The highest BCUT2D eigenvalue weighted by Gasteiger charge is 2.06. The number of hydrogen-bond acceptors (Lipinski definition) is 2. The Balaban J connectivity index is 2.39. The Morgan fingerprint density at radius 1 is 1.41 bits per heavy atom. The highest BCUT2D eigenvalue weighted by atomic mass is 79.9. The van der Waals surface area contributed by atoms with Gasteiger partial charge in [0.05, 0.1) is 13.2 Å². The van der Waals surface area contributed by atoms with Gasteiger partial charge in [-0.3, -0.25) is 4.79 Å². The van der Waals surface area contributed by atoms with Gasteiger partial charge in [0.15, 0.2) is 0 Å². The molecular weight excluding hydrogens is 350 g/mol. The molecule has 0 spiro atoms.